The number of benzene rings is 1. The Kier molecular flexibility index (Phi) is 7.88. The van der Waals surface area contributed by atoms with E-state index in [1.165, 1.54) is 51.4 Å². The Morgan fingerprint density at radius 3 is 2.58 bits per heavy atom. The number of fused-ring (bicyclic) bond motifs is 2. The summed E-state index contributed by atoms with van der Waals surface area (Å²) in [5, 5.41) is 0. The maximum Gasteiger partial charge on any atom is 0.133 e. The molecule has 2 heteroatoms. The SMILES string of the molecule is C/C=C/C1CCC2CC(c3c(F)cc4c(c3F)CCC(CCCCCC)C4)CCC2C1. The maximum atomic E-state index is 15.6. The molecule has 0 bridgehead atoms. The molecule has 31 heavy (non-hydrogen) atoms. The summed E-state index contributed by atoms with van der Waals surface area (Å²) in [5.41, 5.74) is 2.25. The van der Waals surface area contributed by atoms with Crippen molar-refractivity contribution in [1.29, 1.82) is 0 Å². The summed E-state index contributed by atoms with van der Waals surface area (Å²) < 4.78 is 30.9. The molecule has 4 rings (SSSR count). The number of allylic oxidation sites excluding steroid dienone is 2. The highest BCUT2D eigenvalue weighted by molar-refractivity contribution is 5.39. The second-order valence-corrected chi connectivity index (χ2v) is 10.8. The largest absolute Gasteiger partial charge is 0.207 e. The van der Waals surface area contributed by atoms with Gasteiger partial charge in [-0.3, -0.25) is 0 Å². The number of rotatable bonds is 7. The molecule has 0 nitrogen and oxygen atoms in total. The fourth-order valence-electron chi connectivity index (χ4n) is 7.06. The van der Waals surface area contributed by atoms with Crippen molar-refractivity contribution in [2.75, 3.05) is 0 Å². The quantitative estimate of drug-likeness (QED) is 0.300. The molecule has 0 saturated heterocycles. The van der Waals surface area contributed by atoms with Gasteiger partial charge in [-0.15, -0.1) is 0 Å². The number of unbranched alkanes of at least 4 members (excludes halogenated alkanes) is 3. The predicted octanol–water partition coefficient (Wildman–Crippen LogP) is 8.92. The monoisotopic (exact) mass is 428 g/mol. The average Bonchev–Trinajstić information content (AvgIpc) is 2.77. The van der Waals surface area contributed by atoms with Crippen LogP contribution in [-0.4, -0.2) is 0 Å². The van der Waals surface area contributed by atoms with Crippen molar-refractivity contribution in [3.05, 3.63) is 46.5 Å². The van der Waals surface area contributed by atoms with Crippen LogP contribution in [0.1, 0.15) is 114 Å². The van der Waals surface area contributed by atoms with E-state index < -0.39 is 0 Å². The minimum Gasteiger partial charge on any atom is -0.207 e. The molecule has 3 aliphatic rings. The fraction of sp³-hybridized carbons (Fsp3) is 0.724. The van der Waals surface area contributed by atoms with Crippen molar-refractivity contribution in [2.45, 2.75) is 110 Å². The lowest BCUT2D eigenvalue weighted by molar-refractivity contribution is 0.131. The molecule has 2 fully saturated rings. The summed E-state index contributed by atoms with van der Waals surface area (Å²) in [6.45, 7) is 4.35. The van der Waals surface area contributed by atoms with Gasteiger partial charge in [-0.1, -0.05) is 51.2 Å². The van der Waals surface area contributed by atoms with E-state index in [-0.39, 0.29) is 17.6 Å². The molecular formula is C29H42F2. The normalized spacial score (nSPS) is 30.9. The van der Waals surface area contributed by atoms with Gasteiger partial charge in [0.25, 0.3) is 0 Å². The van der Waals surface area contributed by atoms with Crippen LogP contribution in [0.25, 0.3) is 0 Å². The second kappa shape index (κ2) is 10.6. The molecule has 1 aromatic rings. The summed E-state index contributed by atoms with van der Waals surface area (Å²) in [4.78, 5) is 0. The first-order valence-corrected chi connectivity index (χ1v) is 13.2. The highest BCUT2D eigenvalue weighted by Crippen LogP contribution is 2.49. The Hall–Kier alpha value is -1.18. The third-order valence-electron chi connectivity index (χ3n) is 8.75. The van der Waals surface area contributed by atoms with Crippen molar-refractivity contribution < 1.29 is 8.78 Å². The van der Waals surface area contributed by atoms with E-state index in [0.717, 1.165) is 61.5 Å². The van der Waals surface area contributed by atoms with Crippen LogP contribution in [0, 0.1) is 35.3 Å². The second-order valence-electron chi connectivity index (χ2n) is 10.8. The molecule has 0 spiro atoms. The van der Waals surface area contributed by atoms with Crippen molar-refractivity contribution in [3.8, 4) is 0 Å². The van der Waals surface area contributed by atoms with Crippen LogP contribution in [0.2, 0.25) is 0 Å². The maximum absolute atomic E-state index is 15.6. The molecule has 0 aliphatic heterocycles. The van der Waals surface area contributed by atoms with Crippen LogP contribution < -0.4 is 0 Å². The zero-order valence-corrected chi connectivity index (χ0v) is 19.8. The zero-order chi connectivity index (χ0) is 21.8. The van der Waals surface area contributed by atoms with Gasteiger partial charge in [0, 0.05) is 5.56 Å². The van der Waals surface area contributed by atoms with Gasteiger partial charge >= 0.3 is 0 Å². The molecule has 5 atom stereocenters. The summed E-state index contributed by atoms with van der Waals surface area (Å²) in [5.74, 6) is 2.38. The number of halogens is 2. The van der Waals surface area contributed by atoms with Crippen LogP contribution in [0.15, 0.2) is 18.2 Å². The molecule has 0 aromatic heterocycles. The van der Waals surface area contributed by atoms with E-state index in [2.05, 4.69) is 26.0 Å². The third-order valence-corrected chi connectivity index (χ3v) is 8.75. The van der Waals surface area contributed by atoms with Gasteiger partial charge < -0.3 is 0 Å². The molecule has 0 heterocycles. The van der Waals surface area contributed by atoms with Gasteiger partial charge in [-0.05, 0) is 111 Å². The molecule has 172 valence electrons. The van der Waals surface area contributed by atoms with Gasteiger partial charge in [0.15, 0.2) is 0 Å². The van der Waals surface area contributed by atoms with E-state index in [1.807, 2.05) is 0 Å². The molecule has 5 unspecified atom stereocenters. The summed E-state index contributed by atoms with van der Waals surface area (Å²) in [6.07, 6.45) is 20.4. The van der Waals surface area contributed by atoms with E-state index in [9.17, 15) is 0 Å². The Bertz CT molecular complexity index is 764. The summed E-state index contributed by atoms with van der Waals surface area (Å²) in [7, 11) is 0. The molecule has 2 saturated carbocycles. The molecule has 1 aromatic carbocycles. The van der Waals surface area contributed by atoms with Gasteiger partial charge in [0.05, 0.1) is 0 Å². The van der Waals surface area contributed by atoms with E-state index in [4.69, 9.17) is 0 Å². The van der Waals surface area contributed by atoms with Gasteiger partial charge in [-0.2, -0.15) is 0 Å². The van der Waals surface area contributed by atoms with Gasteiger partial charge in [0.2, 0.25) is 0 Å². The van der Waals surface area contributed by atoms with Crippen LogP contribution in [0.5, 0.6) is 0 Å². The Labute approximate surface area is 188 Å². The van der Waals surface area contributed by atoms with Crippen LogP contribution in [0.3, 0.4) is 0 Å². The predicted molar refractivity (Wildman–Crippen MR) is 126 cm³/mol. The first kappa shape index (κ1) is 23.0. The molecule has 3 aliphatic carbocycles. The first-order valence-electron chi connectivity index (χ1n) is 13.2. The third kappa shape index (κ3) is 5.25. The van der Waals surface area contributed by atoms with Crippen molar-refractivity contribution in [1.82, 2.24) is 0 Å². The Morgan fingerprint density at radius 1 is 0.968 bits per heavy atom. The average molecular weight is 429 g/mol. The Balaban J connectivity index is 1.43. The minimum atomic E-state index is -0.256. The minimum absolute atomic E-state index is 0.0802. The lowest BCUT2D eigenvalue weighted by Gasteiger charge is -2.42. The topological polar surface area (TPSA) is 0 Å². The van der Waals surface area contributed by atoms with Gasteiger partial charge in [0.1, 0.15) is 11.6 Å². The molecule has 0 radical (unpaired) electrons. The highest BCUT2D eigenvalue weighted by Gasteiger charge is 2.38. The molecule has 0 amide bonds. The van der Waals surface area contributed by atoms with E-state index in [1.54, 1.807) is 6.07 Å². The first-order chi connectivity index (χ1) is 15.1. The lowest BCUT2D eigenvalue weighted by atomic mass is 9.63. The standard InChI is InChI=1S/C29H42F2/c1-3-5-6-7-9-21-11-15-26-25(17-21)19-27(30)28(29(26)31)24-14-13-22-16-20(8-4-2)10-12-23(22)18-24/h4,8,19-24H,3,5-7,9-18H2,1-2H3/b8-4+. The summed E-state index contributed by atoms with van der Waals surface area (Å²) in [6, 6.07) is 1.72. The smallest absolute Gasteiger partial charge is 0.133 e. The van der Waals surface area contributed by atoms with Crippen molar-refractivity contribution in [2.24, 2.45) is 23.7 Å². The van der Waals surface area contributed by atoms with Crippen LogP contribution in [0.4, 0.5) is 8.78 Å². The highest BCUT2D eigenvalue weighted by atomic mass is 19.1. The Morgan fingerprint density at radius 2 is 1.77 bits per heavy atom. The van der Waals surface area contributed by atoms with Crippen LogP contribution in [-0.2, 0) is 12.8 Å². The molecular weight excluding hydrogens is 386 g/mol. The van der Waals surface area contributed by atoms with Crippen molar-refractivity contribution >= 4 is 0 Å². The fourth-order valence-corrected chi connectivity index (χ4v) is 7.06. The zero-order valence-electron chi connectivity index (χ0n) is 19.8. The van der Waals surface area contributed by atoms with Crippen molar-refractivity contribution in [3.63, 3.8) is 0 Å². The number of hydrogen-bond acceptors (Lipinski definition) is 0. The summed E-state index contributed by atoms with van der Waals surface area (Å²) >= 11 is 0. The van der Waals surface area contributed by atoms with Gasteiger partial charge in [-0.25, -0.2) is 8.78 Å². The number of hydrogen-bond donors (Lipinski definition) is 0. The molecule has 0 N–H and O–H groups in total. The lowest BCUT2D eigenvalue weighted by Crippen LogP contribution is -2.31. The van der Waals surface area contributed by atoms with E-state index >= 15 is 8.78 Å². The van der Waals surface area contributed by atoms with Crippen LogP contribution >= 0.6 is 0 Å². The van der Waals surface area contributed by atoms with E-state index in [0.29, 0.717) is 17.4 Å².